The first-order valence-electron chi connectivity index (χ1n) is 6.83. The number of phenols is 1. The highest BCUT2D eigenvalue weighted by molar-refractivity contribution is 5.59. The van der Waals surface area contributed by atoms with Gasteiger partial charge in [-0.15, -0.1) is 0 Å². The van der Waals surface area contributed by atoms with E-state index in [1.54, 1.807) is 0 Å². The van der Waals surface area contributed by atoms with Crippen LogP contribution in [0.5, 0.6) is 11.5 Å². The third-order valence-corrected chi connectivity index (χ3v) is 4.87. The van der Waals surface area contributed by atoms with Crippen LogP contribution in [0.4, 0.5) is 0 Å². The second-order valence-electron chi connectivity index (χ2n) is 5.93. The van der Waals surface area contributed by atoms with Crippen molar-refractivity contribution in [3.8, 4) is 11.5 Å². The van der Waals surface area contributed by atoms with E-state index in [1.165, 1.54) is 0 Å². The van der Waals surface area contributed by atoms with Gasteiger partial charge in [0.15, 0.2) is 0 Å². The number of nitroso groups, excluding NO2 is 1. The van der Waals surface area contributed by atoms with Crippen molar-refractivity contribution in [2.45, 2.75) is 58.1 Å². The number of nitrogens with zero attached hydrogens (tertiary/aromatic N) is 1. The molecule has 1 spiro atoms. The van der Waals surface area contributed by atoms with Gasteiger partial charge in [-0.25, -0.2) is 0 Å². The fourth-order valence-electron chi connectivity index (χ4n) is 3.34. The number of ether oxygens (including phenoxy) is 1. The fraction of sp³-hybridized carbons (Fsp3) is 0.600. The van der Waals surface area contributed by atoms with Gasteiger partial charge in [0.05, 0.1) is 0 Å². The summed E-state index contributed by atoms with van der Waals surface area (Å²) in [6.07, 6.45) is 3.79. The van der Waals surface area contributed by atoms with Crippen molar-refractivity contribution in [2.24, 2.45) is 5.18 Å². The quantitative estimate of drug-likeness (QED) is 0.781. The van der Waals surface area contributed by atoms with Gasteiger partial charge in [-0.2, -0.15) is 4.91 Å². The normalized spacial score (nSPS) is 23.4. The van der Waals surface area contributed by atoms with E-state index in [1.807, 2.05) is 20.8 Å². The summed E-state index contributed by atoms with van der Waals surface area (Å²) in [5, 5.41) is 13.5. The molecule has 3 rings (SSSR count). The van der Waals surface area contributed by atoms with Gasteiger partial charge in [0.25, 0.3) is 0 Å². The molecule has 1 aromatic rings. The molecule has 0 aromatic heterocycles. The average Bonchev–Trinajstić information content (AvgIpc) is 2.39. The van der Waals surface area contributed by atoms with Crippen LogP contribution in [0.3, 0.4) is 0 Å². The summed E-state index contributed by atoms with van der Waals surface area (Å²) in [6, 6.07) is -0.394. The molecule has 1 N–H and O–H groups in total. The third kappa shape index (κ3) is 1.58. The van der Waals surface area contributed by atoms with Crippen LogP contribution < -0.4 is 4.74 Å². The Balaban J connectivity index is 2.22. The van der Waals surface area contributed by atoms with Crippen molar-refractivity contribution in [2.75, 3.05) is 0 Å². The zero-order chi connectivity index (χ0) is 13.8. The predicted octanol–water partition coefficient (Wildman–Crippen LogP) is 3.83. The average molecular weight is 261 g/mol. The first kappa shape index (κ1) is 12.5. The SMILES string of the molecule is Cc1c(C)c2c(c(C)c1O)C(N=O)CC1(CCC1)O2. The Morgan fingerprint density at radius 2 is 1.89 bits per heavy atom. The summed E-state index contributed by atoms with van der Waals surface area (Å²) < 4.78 is 6.22. The zero-order valence-electron chi connectivity index (χ0n) is 11.6. The van der Waals surface area contributed by atoms with Crippen LogP contribution in [0.1, 0.15) is 54.0 Å². The molecule has 0 bridgehead atoms. The van der Waals surface area contributed by atoms with E-state index in [2.05, 4.69) is 5.18 Å². The minimum absolute atomic E-state index is 0.188. The monoisotopic (exact) mass is 261 g/mol. The maximum Gasteiger partial charge on any atom is 0.129 e. The van der Waals surface area contributed by atoms with Crippen LogP contribution in [0.15, 0.2) is 5.18 Å². The van der Waals surface area contributed by atoms with Gasteiger partial charge in [0, 0.05) is 17.5 Å². The van der Waals surface area contributed by atoms with Crippen molar-refractivity contribution >= 4 is 0 Å². The molecule has 1 unspecified atom stereocenters. The molecule has 102 valence electrons. The van der Waals surface area contributed by atoms with Gasteiger partial charge in [0.2, 0.25) is 0 Å². The predicted molar refractivity (Wildman–Crippen MR) is 72.7 cm³/mol. The number of aromatic hydroxyl groups is 1. The molecule has 1 heterocycles. The Hall–Kier alpha value is -1.58. The van der Waals surface area contributed by atoms with Gasteiger partial charge in [-0.1, -0.05) is 5.18 Å². The maximum absolute atomic E-state index is 11.2. The number of rotatable bonds is 1. The Morgan fingerprint density at radius 1 is 1.21 bits per heavy atom. The largest absolute Gasteiger partial charge is 0.507 e. The standard InChI is InChI=1S/C15H19NO3/c1-8-9(2)14-12(10(3)13(8)17)11(16-18)7-15(19-14)5-4-6-15/h11,17H,4-7H2,1-3H3. The van der Waals surface area contributed by atoms with Crippen molar-refractivity contribution in [3.63, 3.8) is 0 Å². The van der Waals surface area contributed by atoms with Gasteiger partial charge in [0.1, 0.15) is 23.1 Å². The summed E-state index contributed by atoms with van der Waals surface area (Å²) in [7, 11) is 0. The molecule has 1 atom stereocenters. The Kier molecular flexibility index (Phi) is 2.59. The molecule has 0 amide bonds. The Morgan fingerprint density at radius 3 is 2.42 bits per heavy atom. The zero-order valence-corrected chi connectivity index (χ0v) is 11.6. The van der Waals surface area contributed by atoms with Crippen LogP contribution in [0.2, 0.25) is 0 Å². The summed E-state index contributed by atoms with van der Waals surface area (Å²) in [5.74, 6) is 1.04. The van der Waals surface area contributed by atoms with E-state index in [-0.39, 0.29) is 11.4 Å². The van der Waals surface area contributed by atoms with Crippen molar-refractivity contribution in [1.29, 1.82) is 0 Å². The Labute approximate surface area is 112 Å². The second kappa shape index (κ2) is 3.95. The maximum atomic E-state index is 11.2. The van der Waals surface area contributed by atoms with E-state index in [4.69, 9.17) is 4.74 Å². The topological polar surface area (TPSA) is 58.9 Å². The molecule has 1 aromatic carbocycles. The van der Waals surface area contributed by atoms with Gasteiger partial charge in [-0.05, 0) is 51.2 Å². The lowest BCUT2D eigenvalue weighted by Gasteiger charge is -2.47. The molecule has 2 aliphatic rings. The third-order valence-electron chi connectivity index (χ3n) is 4.87. The highest BCUT2D eigenvalue weighted by Gasteiger charge is 2.47. The fourth-order valence-corrected chi connectivity index (χ4v) is 3.34. The van der Waals surface area contributed by atoms with Crippen LogP contribution in [-0.2, 0) is 0 Å². The van der Waals surface area contributed by atoms with Crippen molar-refractivity contribution in [1.82, 2.24) is 0 Å². The summed E-state index contributed by atoms with van der Waals surface area (Å²) in [5.41, 5.74) is 3.09. The van der Waals surface area contributed by atoms with Crippen LogP contribution in [0.25, 0.3) is 0 Å². The van der Waals surface area contributed by atoms with Crippen molar-refractivity contribution in [3.05, 3.63) is 27.2 Å². The lowest BCUT2D eigenvalue weighted by Crippen LogP contribution is -2.47. The van der Waals surface area contributed by atoms with E-state index < -0.39 is 6.04 Å². The van der Waals surface area contributed by atoms with E-state index >= 15 is 0 Å². The molecule has 0 radical (unpaired) electrons. The van der Waals surface area contributed by atoms with Gasteiger partial charge >= 0.3 is 0 Å². The molecule has 1 aliphatic carbocycles. The number of hydrogen-bond donors (Lipinski definition) is 1. The molecule has 1 saturated carbocycles. The van der Waals surface area contributed by atoms with Crippen LogP contribution in [-0.4, -0.2) is 10.7 Å². The minimum atomic E-state index is -0.394. The lowest BCUT2D eigenvalue weighted by molar-refractivity contribution is -0.0337. The number of fused-ring (bicyclic) bond motifs is 1. The number of hydrogen-bond acceptors (Lipinski definition) is 4. The molecular weight excluding hydrogens is 242 g/mol. The first-order chi connectivity index (χ1) is 8.99. The molecule has 1 aliphatic heterocycles. The van der Waals surface area contributed by atoms with E-state index in [0.717, 1.165) is 47.3 Å². The lowest BCUT2D eigenvalue weighted by atomic mass is 9.72. The smallest absolute Gasteiger partial charge is 0.129 e. The molecule has 1 fully saturated rings. The van der Waals surface area contributed by atoms with E-state index in [9.17, 15) is 10.0 Å². The van der Waals surface area contributed by atoms with Crippen LogP contribution in [0, 0.1) is 25.7 Å². The van der Waals surface area contributed by atoms with Crippen LogP contribution >= 0.6 is 0 Å². The molecule has 4 nitrogen and oxygen atoms in total. The number of phenolic OH excluding ortho intramolecular Hbond substituents is 1. The van der Waals surface area contributed by atoms with Gasteiger partial charge < -0.3 is 9.84 Å². The highest BCUT2D eigenvalue weighted by Crippen LogP contribution is 2.53. The minimum Gasteiger partial charge on any atom is -0.507 e. The first-order valence-corrected chi connectivity index (χ1v) is 6.83. The second-order valence-corrected chi connectivity index (χ2v) is 5.93. The van der Waals surface area contributed by atoms with Gasteiger partial charge in [-0.3, -0.25) is 0 Å². The molecule has 19 heavy (non-hydrogen) atoms. The molecular formula is C15H19NO3. The highest BCUT2D eigenvalue weighted by atomic mass is 16.5. The molecule has 0 saturated heterocycles. The Bertz CT molecular complexity index is 561. The summed E-state index contributed by atoms with van der Waals surface area (Å²) in [4.78, 5) is 11.2. The summed E-state index contributed by atoms with van der Waals surface area (Å²) in [6.45, 7) is 5.65. The van der Waals surface area contributed by atoms with Crippen molar-refractivity contribution < 1.29 is 9.84 Å². The van der Waals surface area contributed by atoms with E-state index in [0.29, 0.717) is 6.42 Å². The summed E-state index contributed by atoms with van der Waals surface area (Å²) >= 11 is 0. The molecule has 4 heteroatoms. The number of benzene rings is 1.